The normalized spacial score (nSPS) is 12.1. The smallest absolute Gasteiger partial charge is 0.222 e. The molecule has 106 valence electrons. The molecule has 0 fully saturated rings. The average Bonchev–Trinajstić information content (AvgIpc) is 2.37. The van der Waals surface area contributed by atoms with Gasteiger partial charge in [-0.1, -0.05) is 0 Å². The number of ether oxygens (including phenoxy) is 1. The number of rotatable bonds is 5. The van der Waals surface area contributed by atoms with Crippen molar-refractivity contribution in [2.24, 2.45) is 0 Å². The minimum atomic E-state index is -0.682. The number of aliphatic hydroxyl groups is 1. The van der Waals surface area contributed by atoms with Crippen molar-refractivity contribution in [1.82, 2.24) is 4.90 Å². The van der Waals surface area contributed by atoms with Crippen LogP contribution in [-0.4, -0.2) is 37.1 Å². The van der Waals surface area contributed by atoms with E-state index in [0.29, 0.717) is 18.6 Å². The number of carbonyl (C=O) groups is 1. The summed E-state index contributed by atoms with van der Waals surface area (Å²) in [5.74, 6) is 0.690. The van der Waals surface area contributed by atoms with Crippen LogP contribution in [0.1, 0.15) is 35.6 Å². The van der Waals surface area contributed by atoms with E-state index in [1.165, 1.54) is 4.90 Å². The minimum Gasteiger partial charge on any atom is -0.496 e. The number of aryl methyl sites for hydroxylation is 2. The van der Waals surface area contributed by atoms with Gasteiger partial charge in [0.1, 0.15) is 5.75 Å². The van der Waals surface area contributed by atoms with Crippen LogP contribution in [0.4, 0.5) is 0 Å². The summed E-state index contributed by atoms with van der Waals surface area (Å²) in [6.07, 6.45) is 0.0401. The highest BCUT2D eigenvalue weighted by atomic mass is 16.5. The lowest BCUT2D eigenvalue weighted by molar-refractivity contribution is -0.129. The molecule has 1 unspecified atom stereocenters. The van der Waals surface area contributed by atoms with Gasteiger partial charge in [0, 0.05) is 26.1 Å². The lowest BCUT2D eigenvalue weighted by Crippen LogP contribution is -2.21. The molecule has 19 heavy (non-hydrogen) atoms. The second-order valence-corrected chi connectivity index (χ2v) is 5.02. The number of amides is 1. The molecule has 1 atom stereocenters. The fraction of sp³-hybridized carbons (Fsp3) is 0.533. The van der Waals surface area contributed by atoms with Gasteiger partial charge in [-0.2, -0.15) is 0 Å². The van der Waals surface area contributed by atoms with Gasteiger partial charge in [0.05, 0.1) is 13.2 Å². The number of benzene rings is 1. The quantitative estimate of drug-likeness (QED) is 0.888. The van der Waals surface area contributed by atoms with E-state index in [9.17, 15) is 9.90 Å². The number of hydrogen-bond donors (Lipinski definition) is 1. The molecule has 0 aromatic heterocycles. The molecule has 0 saturated carbocycles. The Labute approximate surface area is 115 Å². The van der Waals surface area contributed by atoms with E-state index in [-0.39, 0.29) is 5.91 Å². The number of methoxy groups -OCH3 is 1. The van der Waals surface area contributed by atoms with Crippen LogP contribution in [0.5, 0.6) is 5.75 Å². The molecular formula is C15H23NO3. The molecule has 0 heterocycles. The molecule has 1 aromatic carbocycles. The van der Waals surface area contributed by atoms with Crippen molar-refractivity contribution < 1.29 is 14.6 Å². The van der Waals surface area contributed by atoms with Crippen molar-refractivity contribution in [2.75, 3.05) is 21.2 Å². The fourth-order valence-electron chi connectivity index (χ4n) is 1.89. The Hall–Kier alpha value is -1.55. The Bertz CT molecular complexity index is 455. The molecule has 0 aliphatic carbocycles. The lowest BCUT2D eigenvalue weighted by atomic mass is 9.98. The molecule has 1 N–H and O–H groups in total. The SMILES string of the molecule is COc1cc(C)c(C)cc1C(O)CCC(=O)N(C)C. The van der Waals surface area contributed by atoms with Crippen LogP contribution in [0.3, 0.4) is 0 Å². The highest BCUT2D eigenvalue weighted by Crippen LogP contribution is 2.30. The molecule has 1 aromatic rings. The molecule has 0 aliphatic heterocycles. The maximum Gasteiger partial charge on any atom is 0.222 e. The highest BCUT2D eigenvalue weighted by Gasteiger charge is 2.16. The van der Waals surface area contributed by atoms with Gasteiger partial charge in [0.2, 0.25) is 5.91 Å². The van der Waals surface area contributed by atoms with E-state index < -0.39 is 6.10 Å². The van der Waals surface area contributed by atoms with Crippen LogP contribution in [0, 0.1) is 13.8 Å². The maximum absolute atomic E-state index is 11.5. The van der Waals surface area contributed by atoms with Crippen LogP contribution in [0.25, 0.3) is 0 Å². The van der Waals surface area contributed by atoms with E-state index in [2.05, 4.69) is 0 Å². The van der Waals surface area contributed by atoms with Gasteiger partial charge < -0.3 is 14.7 Å². The molecule has 1 rings (SSSR count). The molecule has 4 heteroatoms. The van der Waals surface area contributed by atoms with E-state index in [0.717, 1.165) is 16.7 Å². The summed E-state index contributed by atoms with van der Waals surface area (Å²) < 4.78 is 5.30. The largest absolute Gasteiger partial charge is 0.496 e. The van der Waals surface area contributed by atoms with Crippen LogP contribution in [-0.2, 0) is 4.79 Å². The van der Waals surface area contributed by atoms with Crippen LogP contribution in [0.15, 0.2) is 12.1 Å². The fourth-order valence-corrected chi connectivity index (χ4v) is 1.89. The van der Waals surface area contributed by atoms with E-state index in [4.69, 9.17) is 4.74 Å². The third-order valence-electron chi connectivity index (χ3n) is 3.34. The first-order chi connectivity index (χ1) is 8.86. The Morgan fingerprint density at radius 3 is 2.42 bits per heavy atom. The van der Waals surface area contributed by atoms with Gasteiger partial charge in [-0.3, -0.25) is 4.79 Å². The van der Waals surface area contributed by atoms with Gasteiger partial charge in [0.15, 0.2) is 0 Å². The van der Waals surface area contributed by atoms with Crippen molar-refractivity contribution in [3.63, 3.8) is 0 Å². The summed E-state index contributed by atoms with van der Waals surface area (Å²) in [6, 6.07) is 3.85. The number of nitrogens with zero attached hydrogens (tertiary/aromatic N) is 1. The van der Waals surface area contributed by atoms with Gasteiger partial charge >= 0.3 is 0 Å². The Balaban J connectivity index is 2.84. The molecule has 0 spiro atoms. The van der Waals surface area contributed by atoms with E-state index in [1.807, 2.05) is 26.0 Å². The van der Waals surface area contributed by atoms with Gasteiger partial charge in [-0.05, 0) is 43.5 Å². The first-order valence-electron chi connectivity index (χ1n) is 6.40. The standard InChI is InChI=1S/C15H23NO3/c1-10-8-12(14(19-5)9-11(10)2)13(17)6-7-15(18)16(3)4/h8-9,13,17H,6-7H2,1-5H3. The zero-order valence-electron chi connectivity index (χ0n) is 12.4. The minimum absolute atomic E-state index is 0.0156. The summed E-state index contributed by atoms with van der Waals surface area (Å²) in [6.45, 7) is 4.00. The summed E-state index contributed by atoms with van der Waals surface area (Å²) in [5.41, 5.74) is 2.98. The van der Waals surface area contributed by atoms with Gasteiger partial charge in [0.25, 0.3) is 0 Å². The molecular weight excluding hydrogens is 242 g/mol. The molecule has 0 aliphatic rings. The first kappa shape index (κ1) is 15.5. The van der Waals surface area contributed by atoms with Gasteiger partial charge in [-0.15, -0.1) is 0 Å². The maximum atomic E-state index is 11.5. The molecule has 4 nitrogen and oxygen atoms in total. The summed E-state index contributed by atoms with van der Waals surface area (Å²) in [4.78, 5) is 13.1. The number of aliphatic hydroxyl groups excluding tert-OH is 1. The lowest BCUT2D eigenvalue weighted by Gasteiger charge is -2.17. The molecule has 0 saturated heterocycles. The van der Waals surface area contributed by atoms with Crippen molar-refractivity contribution in [2.45, 2.75) is 32.8 Å². The van der Waals surface area contributed by atoms with Crippen molar-refractivity contribution >= 4 is 5.91 Å². The molecule has 0 radical (unpaired) electrons. The van der Waals surface area contributed by atoms with Crippen LogP contribution < -0.4 is 4.74 Å². The third-order valence-corrected chi connectivity index (χ3v) is 3.34. The number of hydrogen-bond acceptors (Lipinski definition) is 3. The van der Waals surface area contributed by atoms with E-state index in [1.54, 1.807) is 21.2 Å². The first-order valence-corrected chi connectivity index (χ1v) is 6.40. The Morgan fingerprint density at radius 1 is 1.32 bits per heavy atom. The topological polar surface area (TPSA) is 49.8 Å². The highest BCUT2D eigenvalue weighted by molar-refractivity contribution is 5.75. The van der Waals surface area contributed by atoms with E-state index >= 15 is 0 Å². The summed E-state index contributed by atoms with van der Waals surface area (Å²) >= 11 is 0. The Morgan fingerprint density at radius 2 is 1.89 bits per heavy atom. The summed E-state index contributed by atoms with van der Waals surface area (Å²) in [7, 11) is 5.02. The predicted octanol–water partition coefficient (Wildman–Crippen LogP) is 2.21. The van der Waals surface area contributed by atoms with Gasteiger partial charge in [-0.25, -0.2) is 0 Å². The monoisotopic (exact) mass is 265 g/mol. The van der Waals surface area contributed by atoms with Crippen molar-refractivity contribution in [3.8, 4) is 5.75 Å². The average molecular weight is 265 g/mol. The molecule has 1 amide bonds. The second-order valence-electron chi connectivity index (χ2n) is 5.02. The third kappa shape index (κ3) is 3.96. The van der Waals surface area contributed by atoms with Crippen molar-refractivity contribution in [1.29, 1.82) is 0 Å². The van der Waals surface area contributed by atoms with Crippen LogP contribution >= 0.6 is 0 Å². The number of carbonyl (C=O) groups excluding carboxylic acids is 1. The zero-order valence-corrected chi connectivity index (χ0v) is 12.4. The molecule has 0 bridgehead atoms. The Kier molecular flexibility index (Phi) is 5.36. The van der Waals surface area contributed by atoms with Crippen molar-refractivity contribution in [3.05, 3.63) is 28.8 Å². The zero-order chi connectivity index (χ0) is 14.6. The summed E-state index contributed by atoms with van der Waals surface area (Å²) in [5, 5.41) is 10.2. The second kappa shape index (κ2) is 6.57. The predicted molar refractivity (Wildman–Crippen MR) is 75.4 cm³/mol. The van der Waals surface area contributed by atoms with Crippen LogP contribution in [0.2, 0.25) is 0 Å².